The Balaban J connectivity index is 2.47. The van der Waals surface area contributed by atoms with Crippen molar-refractivity contribution in [2.75, 3.05) is 13.7 Å². The van der Waals surface area contributed by atoms with Crippen LogP contribution in [0.5, 0.6) is 5.75 Å². The van der Waals surface area contributed by atoms with Crippen molar-refractivity contribution >= 4 is 35.1 Å². The first-order chi connectivity index (χ1) is 20.7. The summed E-state index contributed by atoms with van der Waals surface area (Å²) in [6, 6.07) is 4.25. The number of ether oxygens (including phenoxy) is 2. The van der Waals surface area contributed by atoms with Crippen LogP contribution in [0.1, 0.15) is 51.8 Å². The van der Waals surface area contributed by atoms with Crippen LogP contribution in [0.2, 0.25) is 5.02 Å². The van der Waals surface area contributed by atoms with Gasteiger partial charge in [0.2, 0.25) is 11.8 Å². The Kier molecular flexibility index (Phi) is 12.5. The molecular formula is C30H35ClF5N3O6. The zero-order valence-corrected chi connectivity index (χ0v) is 26.1. The molecule has 45 heavy (non-hydrogen) atoms. The van der Waals surface area contributed by atoms with Crippen molar-refractivity contribution in [3.05, 3.63) is 64.7 Å². The highest BCUT2D eigenvalue weighted by Gasteiger charge is 2.46. The monoisotopic (exact) mass is 663 g/mol. The van der Waals surface area contributed by atoms with Gasteiger partial charge in [0.1, 0.15) is 17.8 Å². The molecule has 3 N–H and O–H groups in total. The van der Waals surface area contributed by atoms with Gasteiger partial charge in [-0.05, 0) is 56.5 Å². The fourth-order valence-electron chi connectivity index (χ4n) is 3.87. The molecule has 0 aliphatic rings. The van der Waals surface area contributed by atoms with Gasteiger partial charge in [0, 0.05) is 10.6 Å². The van der Waals surface area contributed by atoms with Crippen LogP contribution in [0.15, 0.2) is 48.5 Å². The molecule has 0 aliphatic heterocycles. The van der Waals surface area contributed by atoms with Crippen LogP contribution in [0, 0.1) is 5.92 Å². The van der Waals surface area contributed by atoms with E-state index < -0.39 is 77.4 Å². The second kappa shape index (κ2) is 15.0. The maximum Gasteiger partial charge on any atom is 0.452 e. The largest absolute Gasteiger partial charge is 0.497 e. The lowest BCUT2D eigenvalue weighted by Gasteiger charge is -2.29. The number of hydrogen-bond acceptors (Lipinski definition) is 6. The van der Waals surface area contributed by atoms with Crippen LogP contribution in [0.4, 0.5) is 22.0 Å². The highest BCUT2D eigenvalue weighted by Crippen LogP contribution is 2.30. The van der Waals surface area contributed by atoms with Crippen LogP contribution >= 0.6 is 11.6 Å². The van der Waals surface area contributed by atoms with Gasteiger partial charge in [0.15, 0.2) is 0 Å². The van der Waals surface area contributed by atoms with E-state index in [0.717, 1.165) is 12.1 Å². The molecule has 0 bridgehead atoms. The third kappa shape index (κ3) is 10.7. The second-order valence-corrected chi connectivity index (χ2v) is 11.8. The van der Waals surface area contributed by atoms with Gasteiger partial charge >= 0.3 is 12.1 Å². The van der Waals surface area contributed by atoms with E-state index in [1.165, 1.54) is 57.4 Å². The quantitative estimate of drug-likeness (QED) is 0.263. The number of carbonyl (C=O) groups is 4. The molecule has 0 unspecified atom stereocenters. The molecule has 9 nitrogen and oxygen atoms in total. The molecule has 2 rings (SSSR count). The number of alkyl halides is 5. The van der Waals surface area contributed by atoms with Crippen molar-refractivity contribution in [2.45, 2.75) is 70.4 Å². The number of rotatable bonds is 13. The lowest BCUT2D eigenvalue weighted by Crippen LogP contribution is -2.57. The Bertz CT molecular complexity index is 1360. The number of Topliss-reactive ketones (excluding diaryl/α,β-unsaturated/α-hetero) is 1. The number of carbonyl (C=O) groups excluding carboxylic acids is 4. The average Bonchev–Trinajstić information content (AvgIpc) is 2.94. The number of amides is 3. The molecule has 0 heterocycles. The highest BCUT2D eigenvalue weighted by atomic mass is 35.5. The van der Waals surface area contributed by atoms with Gasteiger partial charge in [-0.25, -0.2) is 0 Å². The van der Waals surface area contributed by atoms with Gasteiger partial charge in [-0.15, -0.1) is 0 Å². The number of methoxy groups -OCH3 is 1. The molecule has 2 aromatic rings. The zero-order chi connectivity index (χ0) is 34.3. The molecule has 0 aliphatic carbocycles. The molecule has 0 aromatic heterocycles. The maximum absolute atomic E-state index is 15.1. The minimum absolute atomic E-state index is 0.0367. The first-order valence-corrected chi connectivity index (χ1v) is 14.0. The fourth-order valence-corrected chi connectivity index (χ4v) is 4.06. The number of ketones is 1. The molecule has 3 atom stereocenters. The standard InChI is InChI=1S/C30H35ClF5N3O6/c1-16(2)22(24(40)30(34,35)36)38-26(42)23(17-10-12-20(44-6)13-11-17)39-25(41)21(15-45-28(3,4)5)37-27(43)29(32,33)18-8-7-9-19(31)14-18/h7-14,16,21-23H,15H2,1-6H3,(H,37,43)(H,38,42)(H,39,41)/t21-,22+,23+/m1/s1. The van der Waals surface area contributed by atoms with Crippen LogP contribution in [0.25, 0.3) is 0 Å². The van der Waals surface area contributed by atoms with Crippen LogP contribution < -0.4 is 20.7 Å². The first-order valence-electron chi connectivity index (χ1n) is 13.6. The van der Waals surface area contributed by atoms with E-state index in [-0.39, 0.29) is 10.6 Å². The number of hydrogen-bond donors (Lipinski definition) is 3. The van der Waals surface area contributed by atoms with E-state index in [1.54, 1.807) is 20.8 Å². The van der Waals surface area contributed by atoms with E-state index in [9.17, 15) is 32.3 Å². The number of halogens is 6. The lowest BCUT2D eigenvalue weighted by atomic mass is 9.97. The molecule has 0 spiro atoms. The molecule has 0 saturated carbocycles. The summed E-state index contributed by atoms with van der Waals surface area (Å²) in [5.41, 5.74) is -1.63. The molecular weight excluding hydrogens is 629 g/mol. The summed E-state index contributed by atoms with van der Waals surface area (Å²) < 4.78 is 80.7. The smallest absolute Gasteiger partial charge is 0.452 e. The summed E-state index contributed by atoms with van der Waals surface area (Å²) in [4.78, 5) is 51.8. The van der Waals surface area contributed by atoms with Crippen molar-refractivity contribution in [3.8, 4) is 5.75 Å². The van der Waals surface area contributed by atoms with Gasteiger partial charge in [-0.3, -0.25) is 19.2 Å². The summed E-state index contributed by atoms with van der Waals surface area (Å²) in [5.74, 6) is -11.3. The summed E-state index contributed by atoms with van der Waals surface area (Å²) in [5, 5.41) is 6.19. The van der Waals surface area contributed by atoms with Gasteiger partial charge in [-0.1, -0.05) is 49.7 Å². The van der Waals surface area contributed by atoms with Crippen LogP contribution in [0.3, 0.4) is 0 Å². The minimum Gasteiger partial charge on any atom is -0.497 e. The predicted molar refractivity (Wildman–Crippen MR) is 155 cm³/mol. The number of benzene rings is 2. The van der Waals surface area contributed by atoms with Gasteiger partial charge < -0.3 is 25.4 Å². The van der Waals surface area contributed by atoms with Gasteiger partial charge in [0.05, 0.1) is 25.4 Å². The molecule has 2 aromatic carbocycles. The van der Waals surface area contributed by atoms with Crippen molar-refractivity contribution in [1.29, 1.82) is 0 Å². The Hall–Kier alpha value is -3.78. The third-order valence-corrected chi connectivity index (χ3v) is 6.54. The Morgan fingerprint density at radius 1 is 0.867 bits per heavy atom. The molecule has 248 valence electrons. The SMILES string of the molecule is COc1ccc([C@H](NC(=O)[C@@H](COC(C)(C)C)NC(=O)C(F)(F)c2cccc(Cl)c2)C(=O)N[C@H](C(=O)C(F)(F)F)C(C)C)cc1. The average molecular weight is 664 g/mol. The Morgan fingerprint density at radius 2 is 1.47 bits per heavy atom. The summed E-state index contributed by atoms with van der Waals surface area (Å²) in [7, 11) is 1.36. The molecule has 0 radical (unpaired) electrons. The van der Waals surface area contributed by atoms with Crippen molar-refractivity contribution in [2.24, 2.45) is 5.92 Å². The van der Waals surface area contributed by atoms with E-state index in [2.05, 4.69) is 5.32 Å². The van der Waals surface area contributed by atoms with E-state index in [0.29, 0.717) is 5.75 Å². The molecule has 0 saturated heterocycles. The van der Waals surface area contributed by atoms with Crippen molar-refractivity contribution in [1.82, 2.24) is 16.0 Å². The second-order valence-electron chi connectivity index (χ2n) is 11.3. The first kappa shape index (κ1) is 37.4. The van der Waals surface area contributed by atoms with Crippen molar-refractivity contribution < 1.29 is 50.6 Å². The van der Waals surface area contributed by atoms with Crippen LogP contribution in [-0.2, 0) is 29.8 Å². The van der Waals surface area contributed by atoms with E-state index in [1.807, 2.05) is 10.6 Å². The zero-order valence-electron chi connectivity index (χ0n) is 25.4. The van der Waals surface area contributed by atoms with E-state index in [4.69, 9.17) is 21.1 Å². The number of nitrogens with one attached hydrogen (secondary N) is 3. The topological polar surface area (TPSA) is 123 Å². The summed E-state index contributed by atoms with van der Waals surface area (Å²) in [6.45, 7) is 6.73. The van der Waals surface area contributed by atoms with Crippen molar-refractivity contribution in [3.63, 3.8) is 0 Å². The Morgan fingerprint density at radius 3 is 1.96 bits per heavy atom. The molecule has 3 amide bonds. The summed E-state index contributed by atoms with van der Waals surface area (Å²) >= 11 is 5.80. The van der Waals surface area contributed by atoms with Crippen LogP contribution in [-0.4, -0.2) is 61.1 Å². The molecule has 15 heteroatoms. The lowest BCUT2D eigenvalue weighted by molar-refractivity contribution is -0.175. The van der Waals surface area contributed by atoms with Gasteiger partial charge in [0.25, 0.3) is 11.7 Å². The highest BCUT2D eigenvalue weighted by molar-refractivity contribution is 6.30. The minimum atomic E-state index is -5.27. The van der Waals surface area contributed by atoms with E-state index >= 15 is 8.78 Å². The third-order valence-electron chi connectivity index (χ3n) is 6.30. The Labute approximate surface area is 262 Å². The maximum atomic E-state index is 15.1. The normalized spacial score (nSPS) is 14.2. The molecule has 0 fully saturated rings. The fraction of sp³-hybridized carbons (Fsp3) is 0.467. The predicted octanol–water partition coefficient (Wildman–Crippen LogP) is 4.87. The summed E-state index contributed by atoms with van der Waals surface area (Å²) in [6.07, 6.45) is -5.27. The van der Waals surface area contributed by atoms with Gasteiger partial charge in [-0.2, -0.15) is 22.0 Å².